The van der Waals surface area contributed by atoms with Gasteiger partial charge in [-0.25, -0.2) is 4.79 Å². The smallest absolute Gasteiger partial charge is 0.308 e. The first-order chi connectivity index (χ1) is 10.8. The van der Waals surface area contributed by atoms with Crippen molar-refractivity contribution in [3.8, 4) is 0 Å². The van der Waals surface area contributed by atoms with E-state index in [2.05, 4.69) is 10.6 Å². The summed E-state index contributed by atoms with van der Waals surface area (Å²) in [5.74, 6) is 0. The minimum Gasteiger partial charge on any atom is -0.308 e. The molecule has 2 aromatic carbocycles. The van der Waals surface area contributed by atoms with Gasteiger partial charge in [-0.15, -0.1) is 0 Å². The van der Waals surface area contributed by atoms with E-state index in [1.54, 1.807) is 6.07 Å². The van der Waals surface area contributed by atoms with Crippen LogP contribution in [-0.4, -0.2) is 6.03 Å². The van der Waals surface area contributed by atoms with Crippen LogP contribution in [0.15, 0.2) is 42.5 Å². The van der Waals surface area contributed by atoms with Crippen molar-refractivity contribution >= 4 is 17.4 Å². The number of hydrogen-bond donors (Lipinski definition) is 2. The molecule has 0 saturated heterocycles. The molecule has 23 heavy (non-hydrogen) atoms. The molecule has 2 aromatic rings. The molecule has 0 heterocycles. The summed E-state index contributed by atoms with van der Waals surface area (Å²) in [5.41, 5.74) is 1.93. The lowest BCUT2D eigenvalue weighted by molar-refractivity contribution is -0.137. The van der Waals surface area contributed by atoms with Gasteiger partial charge in [-0.05, 0) is 48.7 Å². The molecule has 0 spiro atoms. The molecule has 6 heteroatoms. The van der Waals surface area contributed by atoms with Gasteiger partial charge in [-0.2, -0.15) is 13.2 Å². The van der Waals surface area contributed by atoms with E-state index >= 15 is 0 Å². The van der Waals surface area contributed by atoms with Gasteiger partial charge >= 0.3 is 12.2 Å². The Morgan fingerprint density at radius 3 is 2.43 bits per heavy atom. The van der Waals surface area contributed by atoms with E-state index in [1.165, 1.54) is 12.1 Å². The molecule has 0 radical (unpaired) electrons. The predicted molar refractivity (Wildman–Crippen MR) is 84.6 cm³/mol. The Balaban J connectivity index is 2.08. The van der Waals surface area contributed by atoms with Crippen LogP contribution in [0.4, 0.5) is 29.3 Å². The van der Waals surface area contributed by atoms with Crippen LogP contribution >= 0.6 is 0 Å². The summed E-state index contributed by atoms with van der Waals surface area (Å²) in [5, 5.41) is 5.05. The highest BCUT2D eigenvalue weighted by molar-refractivity contribution is 6.00. The van der Waals surface area contributed by atoms with Crippen molar-refractivity contribution in [3.05, 3.63) is 59.2 Å². The highest BCUT2D eigenvalue weighted by Crippen LogP contribution is 2.30. The number of carbonyl (C=O) groups is 1. The molecule has 0 atom stereocenters. The highest BCUT2D eigenvalue weighted by Gasteiger charge is 2.30. The zero-order valence-corrected chi connectivity index (χ0v) is 12.8. The third-order valence-electron chi connectivity index (χ3n) is 3.40. The molecule has 0 unspecified atom stereocenters. The fraction of sp³-hybridized carbons (Fsp3) is 0.235. The third kappa shape index (κ3) is 4.48. The number of anilines is 2. The van der Waals surface area contributed by atoms with E-state index in [-0.39, 0.29) is 5.69 Å². The number of halogens is 3. The second kappa shape index (κ2) is 6.73. The quantitative estimate of drug-likeness (QED) is 0.799. The summed E-state index contributed by atoms with van der Waals surface area (Å²) in [6.07, 6.45) is -3.56. The Morgan fingerprint density at radius 2 is 1.83 bits per heavy atom. The normalized spacial score (nSPS) is 11.2. The molecule has 0 saturated carbocycles. The van der Waals surface area contributed by atoms with E-state index in [4.69, 9.17) is 0 Å². The SMILES string of the molecule is CCc1ccc(NC(=O)Nc2cccc(C(F)(F)F)c2)c(C)c1. The van der Waals surface area contributed by atoms with Crippen LogP contribution in [-0.2, 0) is 12.6 Å². The van der Waals surface area contributed by atoms with Crippen molar-refractivity contribution in [3.63, 3.8) is 0 Å². The molecular formula is C17H17F3N2O. The molecule has 0 aliphatic carbocycles. The number of urea groups is 1. The van der Waals surface area contributed by atoms with Crippen LogP contribution in [0, 0.1) is 6.92 Å². The maximum atomic E-state index is 12.6. The number of benzene rings is 2. The lowest BCUT2D eigenvalue weighted by atomic mass is 10.1. The number of alkyl halides is 3. The zero-order chi connectivity index (χ0) is 17.0. The molecule has 3 nitrogen and oxygen atoms in total. The van der Waals surface area contributed by atoms with Crippen molar-refractivity contribution in [2.45, 2.75) is 26.4 Å². The first-order valence-corrected chi connectivity index (χ1v) is 7.14. The van der Waals surface area contributed by atoms with Crippen LogP contribution in [0.1, 0.15) is 23.6 Å². The fourth-order valence-electron chi connectivity index (χ4n) is 2.14. The van der Waals surface area contributed by atoms with Crippen molar-refractivity contribution in [1.82, 2.24) is 0 Å². The summed E-state index contributed by atoms with van der Waals surface area (Å²) in [4.78, 5) is 11.9. The van der Waals surface area contributed by atoms with Crippen LogP contribution in [0.2, 0.25) is 0 Å². The van der Waals surface area contributed by atoms with E-state index in [0.29, 0.717) is 5.69 Å². The van der Waals surface area contributed by atoms with Gasteiger partial charge in [0.25, 0.3) is 0 Å². The molecule has 0 fully saturated rings. The van der Waals surface area contributed by atoms with Crippen molar-refractivity contribution < 1.29 is 18.0 Å². The summed E-state index contributed by atoms with van der Waals surface area (Å²) < 4.78 is 37.9. The second-order valence-corrected chi connectivity index (χ2v) is 5.16. The molecule has 0 aliphatic heterocycles. The first kappa shape index (κ1) is 16.9. The Hall–Kier alpha value is -2.50. The van der Waals surface area contributed by atoms with Gasteiger partial charge in [0.05, 0.1) is 5.56 Å². The number of aryl methyl sites for hydroxylation is 2. The van der Waals surface area contributed by atoms with Crippen molar-refractivity contribution in [2.75, 3.05) is 10.6 Å². The zero-order valence-electron chi connectivity index (χ0n) is 12.8. The number of carbonyl (C=O) groups excluding carboxylic acids is 1. The molecule has 122 valence electrons. The fourth-order valence-corrected chi connectivity index (χ4v) is 2.14. The minimum atomic E-state index is -4.44. The largest absolute Gasteiger partial charge is 0.416 e. The Labute approximate surface area is 132 Å². The monoisotopic (exact) mass is 322 g/mol. The Bertz CT molecular complexity index is 711. The minimum absolute atomic E-state index is 0.0835. The average Bonchev–Trinajstić information content (AvgIpc) is 2.48. The standard InChI is InChI=1S/C17H17F3N2O/c1-3-12-7-8-15(11(2)9-12)22-16(23)21-14-6-4-5-13(10-14)17(18,19)20/h4-10H,3H2,1-2H3,(H2,21,22,23). The van der Waals surface area contributed by atoms with Gasteiger partial charge in [0.1, 0.15) is 0 Å². The van der Waals surface area contributed by atoms with Gasteiger partial charge in [0, 0.05) is 11.4 Å². The number of nitrogens with one attached hydrogen (secondary N) is 2. The van der Waals surface area contributed by atoms with Gasteiger partial charge in [-0.1, -0.05) is 25.1 Å². The van der Waals surface area contributed by atoms with E-state index in [0.717, 1.165) is 29.7 Å². The molecule has 2 amide bonds. The van der Waals surface area contributed by atoms with Gasteiger partial charge in [-0.3, -0.25) is 0 Å². The molecule has 2 rings (SSSR count). The van der Waals surface area contributed by atoms with Gasteiger partial charge < -0.3 is 10.6 Å². The van der Waals surface area contributed by atoms with E-state index in [1.807, 2.05) is 26.0 Å². The van der Waals surface area contributed by atoms with Crippen LogP contribution in [0.3, 0.4) is 0 Å². The maximum Gasteiger partial charge on any atom is 0.416 e. The highest BCUT2D eigenvalue weighted by atomic mass is 19.4. The number of hydrogen-bond acceptors (Lipinski definition) is 1. The lowest BCUT2D eigenvalue weighted by Crippen LogP contribution is -2.20. The first-order valence-electron chi connectivity index (χ1n) is 7.14. The average molecular weight is 322 g/mol. The topological polar surface area (TPSA) is 41.1 Å². The Kier molecular flexibility index (Phi) is 4.93. The van der Waals surface area contributed by atoms with Crippen molar-refractivity contribution in [1.29, 1.82) is 0 Å². The van der Waals surface area contributed by atoms with Crippen LogP contribution < -0.4 is 10.6 Å². The molecule has 0 bridgehead atoms. The predicted octanol–water partition coefficient (Wildman–Crippen LogP) is 5.22. The van der Waals surface area contributed by atoms with E-state index < -0.39 is 17.8 Å². The summed E-state index contributed by atoms with van der Waals surface area (Å²) >= 11 is 0. The third-order valence-corrected chi connectivity index (χ3v) is 3.40. The molecular weight excluding hydrogens is 305 g/mol. The Morgan fingerprint density at radius 1 is 1.09 bits per heavy atom. The van der Waals surface area contributed by atoms with E-state index in [9.17, 15) is 18.0 Å². The second-order valence-electron chi connectivity index (χ2n) is 5.16. The van der Waals surface area contributed by atoms with Gasteiger partial charge in [0.15, 0.2) is 0 Å². The summed E-state index contributed by atoms with van der Waals surface area (Å²) in [7, 11) is 0. The van der Waals surface area contributed by atoms with Gasteiger partial charge in [0.2, 0.25) is 0 Å². The summed E-state index contributed by atoms with van der Waals surface area (Å²) in [6, 6.07) is 9.55. The molecule has 0 aromatic heterocycles. The lowest BCUT2D eigenvalue weighted by Gasteiger charge is -2.12. The number of rotatable bonds is 3. The summed E-state index contributed by atoms with van der Waals surface area (Å²) in [6.45, 7) is 3.89. The van der Waals surface area contributed by atoms with Crippen LogP contribution in [0.5, 0.6) is 0 Å². The number of amides is 2. The molecule has 2 N–H and O–H groups in total. The van der Waals surface area contributed by atoms with Crippen molar-refractivity contribution in [2.24, 2.45) is 0 Å². The maximum absolute atomic E-state index is 12.6. The van der Waals surface area contributed by atoms with Crippen LogP contribution in [0.25, 0.3) is 0 Å². The molecule has 0 aliphatic rings.